The summed E-state index contributed by atoms with van der Waals surface area (Å²) in [4.78, 5) is 11.2. The van der Waals surface area contributed by atoms with E-state index >= 15 is 0 Å². The molecule has 104 valence electrons. The van der Waals surface area contributed by atoms with Crippen molar-refractivity contribution in [3.8, 4) is 0 Å². The van der Waals surface area contributed by atoms with Gasteiger partial charge >= 0.3 is 5.97 Å². The lowest BCUT2D eigenvalue weighted by Gasteiger charge is -2.09. The zero-order valence-corrected chi connectivity index (χ0v) is 11.7. The van der Waals surface area contributed by atoms with Crippen molar-refractivity contribution in [3.63, 3.8) is 0 Å². The standard InChI is InChI=1S/C16H23NO2/c1-2-19-16(18)8-5-11-17-12-14-6-3-4-7-15(14)13-9-10-13/h3-4,6-7,13,17H,2,5,8-12H2,1H3. The fourth-order valence-electron chi connectivity index (χ4n) is 2.30. The second-order valence-electron chi connectivity index (χ2n) is 5.06. The number of carbonyl (C=O) groups is 1. The molecule has 0 aromatic heterocycles. The van der Waals surface area contributed by atoms with E-state index in [4.69, 9.17) is 4.74 Å². The second kappa shape index (κ2) is 7.29. The molecule has 0 bridgehead atoms. The molecule has 3 nitrogen and oxygen atoms in total. The van der Waals surface area contributed by atoms with Crippen LogP contribution in [0.25, 0.3) is 0 Å². The number of ether oxygens (including phenoxy) is 1. The van der Waals surface area contributed by atoms with Gasteiger partial charge in [0.2, 0.25) is 0 Å². The van der Waals surface area contributed by atoms with Gasteiger partial charge < -0.3 is 10.1 Å². The summed E-state index contributed by atoms with van der Waals surface area (Å²) in [7, 11) is 0. The Hall–Kier alpha value is -1.35. The Morgan fingerprint density at radius 3 is 2.89 bits per heavy atom. The maximum Gasteiger partial charge on any atom is 0.305 e. The summed E-state index contributed by atoms with van der Waals surface area (Å²) in [6, 6.07) is 8.67. The summed E-state index contributed by atoms with van der Waals surface area (Å²) in [6.07, 6.45) is 4.01. The first-order valence-corrected chi connectivity index (χ1v) is 7.25. The monoisotopic (exact) mass is 261 g/mol. The maximum atomic E-state index is 11.2. The minimum Gasteiger partial charge on any atom is -0.466 e. The van der Waals surface area contributed by atoms with Crippen LogP contribution in [-0.2, 0) is 16.1 Å². The second-order valence-corrected chi connectivity index (χ2v) is 5.06. The van der Waals surface area contributed by atoms with Crippen molar-refractivity contribution < 1.29 is 9.53 Å². The number of rotatable bonds is 8. The Balaban J connectivity index is 1.67. The molecule has 0 amide bonds. The van der Waals surface area contributed by atoms with Crippen LogP contribution < -0.4 is 5.32 Å². The molecule has 0 aliphatic heterocycles. The first kappa shape index (κ1) is 14.1. The molecule has 0 saturated heterocycles. The van der Waals surface area contributed by atoms with Gasteiger partial charge in [-0.25, -0.2) is 0 Å². The van der Waals surface area contributed by atoms with E-state index < -0.39 is 0 Å². The lowest BCUT2D eigenvalue weighted by molar-refractivity contribution is -0.143. The Labute approximate surface area is 115 Å². The van der Waals surface area contributed by atoms with Gasteiger partial charge in [0.1, 0.15) is 0 Å². The van der Waals surface area contributed by atoms with Crippen LogP contribution in [0.4, 0.5) is 0 Å². The number of hydrogen-bond acceptors (Lipinski definition) is 3. The fraction of sp³-hybridized carbons (Fsp3) is 0.562. The number of benzene rings is 1. The van der Waals surface area contributed by atoms with Crippen molar-refractivity contribution in [2.24, 2.45) is 0 Å². The molecule has 19 heavy (non-hydrogen) atoms. The summed E-state index contributed by atoms with van der Waals surface area (Å²) < 4.78 is 4.90. The molecule has 0 heterocycles. The average molecular weight is 261 g/mol. The van der Waals surface area contributed by atoms with Crippen LogP contribution in [0.2, 0.25) is 0 Å². The summed E-state index contributed by atoms with van der Waals surface area (Å²) in [5.41, 5.74) is 2.90. The third-order valence-corrected chi connectivity index (χ3v) is 3.43. The molecule has 1 aromatic carbocycles. The van der Waals surface area contributed by atoms with E-state index in [1.165, 1.54) is 24.0 Å². The van der Waals surface area contributed by atoms with Crippen molar-refractivity contribution in [1.82, 2.24) is 5.32 Å². The Morgan fingerprint density at radius 1 is 1.37 bits per heavy atom. The normalized spacial score (nSPS) is 14.4. The summed E-state index contributed by atoms with van der Waals surface area (Å²) in [6.45, 7) is 4.07. The topological polar surface area (TPSA) is 38.3 Å². The molecule has 3 heteroatoms. The van der Waals surface area contributed by atoms with Crippen molar-refractivity contribution in [3.05, 3.63) is 35.4 Å². The molecule has 1 aliphatic rings. The molecular formula is C16H23NO2. The van der Waals surface area contributed by atoms with Gasteiger partial charge in [-0.15, -0.1) is 0 Å². The van der Waals surface area contributed by atoms with Crippen LogP contribution in [0.1, 0.15) is 49.7 Å². The van der Waals surface area contributed by atoms with E-state index in [-0.39, 0.29) is 5.97 Å². The van der Waals surface area contributed by atoms with Crippen LogP contribution in [0.5, 0.6) is 0 Å². The average Bonchev–Trinajstić information content (AvgIpc) is 3.23. The van der Waals surface area contributed by atoms with E-state index in [0.717, 1.165) is 25.4 Å². The largest absolute Gasteiger partial charge is 0.466 e. The van der Waals surface area contributed by atoms with Crippen LogP contribution >= 0.6 is 0 Å². The van der Waals surface area contributed by atoms with E-state index in [2.05, 4.69) is 29.6 Å². The van der Waals surface area contributed by atoms with Crippen molar-refractivity contribution in [2.45, 2.75) is 45.1 Å². The SMILES string of the molecule is CCOC(=O)CCCNCc1ccccc1C1CC1. The highest BCUT2D eigenvalue weighted by Crippen LogP contribution is 2.41. The van der Waals surface area contributed by atoms with Gasteiger partial charge in [-0.1, -0.05) is 24.3 Å². The van der Waals surface area contributed by atoms with Crippen molar-refractivity contribution >= 4 is 5.97 Å². The van der Waals surface area contributed by atoms with E-state index in [0.29, 0.717) is 13.0 Å². The van der Waals surface area contributed by atoms with Gasteiger partial charge in [0.15, 0.2) is 0 Å². The van der Waals surface area contributed by atoms with Crippen molar-refractivity contribution in [1.29, 1.82) is 0 Å². The van der Waals surface area contributed by atoms with Gasteiger partial charge in [-0.2, -0.15) is 0 Å². The van der Waals surface area contributed by atoms with Crippen LogP contribution in [0.3, 0.4) is 0 Å². The molecule has 1 N–H and O–H groups in total. The Morgan fingerprint density at radius 2 is 2.16 bits per heavy atom. The summed E-state index contributed by atoms with van der Waals surface area (Å²) in [5.74, 6) is 0.695. The first-order valence-electron chi connectivity index (χ1n) is 7.25. The molecule has 0 unspecified atom stereocenters. The lowest BCUT2D eigenvalue weighted by Crippen LogP contribution is -2.17. The van der Waals surface area contributed by atoms with Gasteiger partial charge in [-0.3, -0.25) is 4.79 Å². The van der Waals surface area contributed by atoms with Crippen molar-refractivity contribution in [2.75, 3.05) is 13.2 Å². The molecule has 1 aliphatic carbocycles. The fourth-order valence-corrected chi connectivity index (χ4v) is 2.30. The van der Waals surface area contributed by atoms with Crippen LogP contribution in [0, 0.1) is 0 Å². The molecule has 2 rings (SSSR count). The lowest BCUT2D eigenvalue weighted by atomic mass is 10.0. The van der Waals surface area contributed by atoms with E-state index in [1.807, 2.05) is 6.92 Å². The molecule has 1 aromatic rings. The predicted octanol–water partition coefficient (Wildman–Crippen LogP) is 3.00. The molecule has 1 saturated carbocycles. The first-order chi connectivity index (χ1) is 9.31. The number of nitrogens with one attached hydrogen (secondary N) is 1. The summed E-state index contributed by atoms with van der Waals surface area (Å²) >= 11 is 0. The third-order valence-electron chi connectivity index (χ3n) is 3.43. The smallest absolute Gasteiger partial charge is 0.305 e. The van der Waals surface area contributed by atoms with E-state index in [1.54, 1.807) is 0 Å². The third kappa shape index (κ3) is 4.67. The molecule has 1 fully saturated rings. The highest BCUT2D eigenvalue weighted by molar-refractivity contribution is 5.69. The highest BCUT2D eigenvalue weighted by atomic mass is 16.5. The quantitative estimate of drug-likeness (QED) is 0.577. The zero-order valence-electron chi connectivity index (χ0n) is 11.7. The Kier molecular flexibility index (Phi) is 5.40. The maximum absolute atomic E-state index is 11.2. The van der Waals surface area contributed by atoms with E-state index in [9.17, 15) is 4.79 Å². The summed E-state index contributed by atoms with van der Waals surface area (Å²) in [5, 5.41) is 3.41. The zero-order chi connectivity index (χ0) is 13.5. The predicted molar refractivity (Wildman–Crippen MR) is 76.0 cm³/mol. The van der Waals surface area contributed by atoms with Crippen LogP contribution in [-0.4, -0.2) is 19.1 Å². The molecular weight excluding hydrogens is 238 g/mol. The van der Waals surface area contributed by atoms with Gasteiger partial charge in [0, 0.05) is 13.0 Å². The molecule has 0 atom stereocenters. The van der Waals surface area contributed by atoms with Gasteiger partial charge in [0.05, 0.1) is 6.61 Å². The number of carbonyl (C=O) groups excluding carboxylic acids is 1. The molecule has 0 radical (unpaired) electrons. The molecule has 0 spiro atoms. The van der Waals surface area contributed by atoms with Gasteiger partial charge in [0.25, 0.3) is 0 Å². The minimum atomic E-state index is -0.0947. The Bertz CT molecular complexity index is 413. The number of esters is 1. The minimum absolute atomic E-state index is 0.0947. The van der Waals surface area contributed by atoms with Crippen LogP contribution in [0.15, 0.2) is 24.3 Å². The van der Waals surface area contributed by atoms with Gasteiger partial charge in [-0.05, 0) is 49.8 Å². The highest BCUT2D eigenvalue weighted by Gasteiger charge is 2.25. The number of hydrogen-bond donors (Lipinski definition) is 1.